The van der Waals surface area contributed by atoms with Gasteiger partial charge in [-0.1, -0.05) is 42.3 Å². The molecule has 38 heavy (non-hydrogen) atoms. The maximum Gasteiger partial charge on any atom is 0.409 e. The molecule has 2 fully saturated rings. The molecule has 6 bridgehead atoms. The fourth-order valence-corrected chi connectivity index (χ4v) is 6.04. The number of anilines is 1. The Hall–Kier alpha value is -2.59. The quantitative estimate of drug-likeness (QED) is 0.511. The van der Waals surface area contributed by atoms with Crippen molar-refractivity contribution >= 4 is 29.3 Å². The van der Waals surface area contributed by atoms with E-state index in [2.05, 4.69) is 5.32 Å². The van der Waals surface area contributed by atoms with Gasteiger partial charge in [0.05, 0.1) is 18.4 Å². The van der Waals surface area contributed by atoms with Crippen molar-refractivity contribution in [2.45, 2.75) is 88.4 Å². The number of rotatable bonds is 2. The molecule has 9 nitrogen and oxygen atoms in total. The van der Waals surface area contributed by atoms with Crippen LogP contribution in [0.5, 0.6) is 5.75 Å². The number of benzene rings is 1. The molecule has 2 saturated heterocycles. The van der Waals surface area contributed by atoms with E-state index < -0.39 is 35.2 Å². The molecule has 4 heterocycles. The standard InChI is InChI=1S/C28H37ClN2O7/c1-6-27-16-26(3,38-27)11-10-23(33)31(4)19-13-18(14-20(36-5)24(19)29)12-17(2)8-7-9-21(32)28(35)15-22(27)37-25(34)30-28/h7-9,13-14,21-22,32,35H,6,10-12,15-16H2,1-5H3,(H,30,34)/b9-7+,17-8+/t21-,22?,26+,27-,28+/m1/s1. The van der Waals surface area contributed by atoms with E-state index in [-0.39, 0.29) is 18.7 Å². The Morgan fingerprint density at radius 1 is 1.32 bits per heavy atom. The molecular formula is C28H37ClN2O7. The van der Waals surface area contributed by atoms with Crippen LogP contribution in [0.1, 0.15) is 58.4 Å². The highest BCUT2D eigenvalue weighted by molar-refractivity contribution is 6.35. The van der Waals surface area contributed by atoms with Crippen LogP contribution >= 0.6 is 11.6 Å². The number of carbonyl (C=O) groups is 2. The summed E-state index contributed by atoms with van der Waals surface area (Å²) in [5, 5.41) is 24.8. The average molecular weight is 549 g/mol. The molecule has 10 heteroatoms. The van der Waals surface area contributed by atoms with Gasteiger partial charge in [-0.05, 0) is 50.8 Å². The van der Waals surface area contributed by atoms with Crippen molar-refractivity contribution in [3.05, 3.63) is 46.5 Å². The summed E-state index contributed by atoms with van der Waals surface area (Å²) in [7, 11) is 3.22. The van der Waals surface area contributed by atoms with Crippen molar-refractivity contribution in [1.29, 1.82) is 0 Å². The predicted molar refractivity (Wildman–Crippen MR) is 143 cm³/mol. The SMILES string of the molecule is CC[C@@]12C[C@](C)(CCC(=O)N(C)c3cc(cc(OC)c3Cl)C/C(C)=C/C=C/[C@@H](O)[C@@]3(O)CC1OC(=O)N3)O2. The van der Waals surface area contributed by atoms with Crippen LogP contribution in [0.4, 0.5) is 10.5 Å². The molecule has 1 aromatic carbocycles. The van der Waals surface area contributed by atoms with Crippen molar-refractivity contribution < 1.29 is 34.0 Å². The van der Waals surface area contributed by atoms with Gasteiger partial charge >= 0.3 is 6.09 Å². The van der Waals surface area contributed by atoms with Crippen LogP contribution < -0.4 is 15.0 Å². The second-order valence-electron chi connectivity index (χ2n) is 10.9. The second-order valence-corrected chi connectivity index (χ2v) is 11.3. The van der Waals surface area contributed by atoms with Gasteiger partial charge in [0.1, 0.15) is 28.6 Å². The summed E-state index contributed by atoms with van der Waals surface area (Å²) >= 11 is 6.59. The number of halogens is 1. The molecule has 4 aliphatic rings. The summed E-state index contributed by atoms with van der Waals surface area (Å²) in [6, 6.07) is 3.70. The van der Waals surface area contributed by atoms with E-state index in [4.69, 9.17) is 25.8 Å². The third kappa shape index (κ3) is 5.43. The zero-order valence-corrected chi connectivity index (χ0v) is 23.3. The number of ether oxygens (including phenoxy) is 3. The van der Waals surface area contributed by atoms with E-state index in [1.807, 2.05) is 39.0 Å². The Morgan fingerprint density at radius 3 is 2.68 bits per heavy atom. The van der Waals surface area contributed by atoms with E-state index >= 15 is 0 Å². The van der Waals surface area contributed by atoms with Gasteiger partial charge < -0.3 is 29.3 Å². The number of amides is 2. The smallest absolute Gasteiger partial charge is 0.409 e. The molecule has 0 aromatic heterocycles. The zero-order valence-electron chi connectivity index (χ0n) is 22.5. The zero-order chi connectivity index (χ0) is 27.9. The molecule has 0 saturated carbocycles. The molecule has 0 spiro atoms. The molecule has 0 aliphatic carbocycles. The minimum Gasteiger partial charge on any atom is -0.495 e. The molecule has 2 amide bonds. The summed E-state index contributed by atoms with van der Waals surface area (Å²) in [4.78, 5) is 27.2. The number of carbonyl (C=O) groups excluding carboxylic acids is 2. The first-order valence-corrected chi connectivity index (χ1v) is 13.3. The lowest BCUT2D eigenvalue weighted by Gasteiger charge is -2.59. The number of fused-ring (bicyclic) bond motifs is 6. The minimum atomic E-state index is -1.92. The van der Waals surface area contributed by atoms with Crippen LogP contribution in [-0.2, 0) is 20.7 Å². The van der Waals surface area contributed by atoms with Crippen LogP contribution in [0, 0.1) is 0 Å². The Morgan fingerprint density at radius 2 is 2.03 bits per heavy atom. The number of nitrogens with one attached hydrogen (secondary N) is 1. The summed E-state index contributed by atoms with van der Waals surface area (Å²) in [5.41, 5.74) is -0.975. The summed E-state index contributed by atoms with van der Waals surface area (Å²) in [6.45, 7) is 5.77. The highest BCUT2D eigenvalue weighted by Crippen LogP contribution is 2.51. The van der Waals surface area contributed by atoms with Crippen molar-refractivity contribution in [2.24, 2.45) is 0 Å². The number of hydrogen-bond acceptors (Lipinski definition) is 7. The number of aliphatic hydroxyl groups excluding tert-OH is 1. The minimum absolute atomic E-state index is 0.0529. The first-order valence-electron chi connectivity index (χ1n) is 12.9. The molecule has 3 N–H and O–H groups in total. The van der Waals surface area contributed by atoms with E-state index in [0.717, 1.165) is 11.1 Å². The first kappa shape index (κ1) is 28.4. The van der Waals surface area contributed by atoms with Gasteiger partial charge in [-0.15, -0.1) is 0 Å². The van der Waals surface area contributed by atoms with Gasteiger partial charge in [0, 0.05) is 26.3 Å². The Bertz CT molecular complexity index is 1160. The normalized spacial score (nSPS) is 36.3. The lowest BCUT2D eigenvalue weighted by atomic mass is 9.71. The van der Waals surface area contributed by atoms with Crippen LogP contribution in [0.3, 0.4) is 0 Å². The number of aliphatic hydroxyl groups is 2. The average Bonchev–Trinajstić information content (AvgIpc) is 2.84. The van der Waals surface area contributed by atoms with Crippen molar-refractivity contribution in [3.63, 3.8) is 0 Å². The third-order valence-electron chi connectivity index (χ3n) is 7.92. The van der Waals surface area contributed by atoms with Crippen molar-refractivity contribution in [2.75, 3.05) is 19.1 Å². The summed E-state index contributed by atoms with van der Waals surface area (Å²) in [5.74, 6) is 0.347. The van der Waals surface area contributed by atoms with Crippen LogP contribution in [-0.4, -0.2) is 65.5 Å². The molecule has 4 aliphatic heterocycles. The van der Waals surface area contributed by atoms with Gasteiger partial charge in [-0.3, -0.25) is 10.1 Å². The highest BCUT2D eigenvalue weighted by atomic mass is 35.5. The predicted octanol–water partition coefficient (Wildman–Crippen LogP) is 4.03. The van der Waals surface area contributed by atoms with Gasteiger partial charge in [-0.2, -0.15) is 0 Å². The maximum atomic E-state index is 13.2. The van der Waals surface area contributed by atoms with Crippen LogP contribution in [0.25, 0.3) is 0 Å². The third-order valence-corrected chi connectivity index (χ3v) is 8.30. The van der Waals surface area contributed by atoms with Crippen molar-refractivity contribution in [1.82, 2.24) is 5.32 Å². The lowest BCUT2D eigenvalue weighted by molar-refractivity contribution is -0.313. The monoisotopic (exact) mass is 548 g/mol. The number of hydrogen-bond donors (Lipinski definition) is 3. The molecule has 1 unspecified atom stereocenters. The Balaban J connectivity index is 1.72. The highest BCUT2D eigenvalue weighted by Gasteiger charge is 2.61. The van der Waals surface area contributed by atoms with Gasteiger partial charge in [-0.25, -0.2) is 4.79 Å². The topological polar surface area (TPSA) is 118 Å². The van der Waals surface area contributed by atoms with Gasteiger partial charge in [0.15, 0.2) is 5.72 Å². The largest absolute Gasteiger partial charge is 0.495 e. The number of nitrogens with zero attached hydrogens (tertiary/aromatic N) is 1. The Kier molecular flexibility index (Phi) is 7.87. The fourth-order valence-electron chi connectivity index (χ4n) is 5.73. The molecule has 5 rings (SSSR count). The maximum absolute atomic E-state index is 13.2. The molecule has 0 radical (unpaired) electrons. The van der Waals surface area contributed by atoms with Crippen LogP contribution in [0.15, 0.2) is 35.9 Å². The first-order chi connectivity index (χ1) is 17.8. The molecular weight excluding hydrogens is 512 g/mol. The van der Waals surface area contributed by atoms with E-state index in [0.29, 0.717) is 42.1 Å². The Labute approximate surface area is 228 Å². The molecule has 1 aromatic rings. The number of alkyl carbamates (subject to hydrolysis) is 1. The summed E-state index contributed by atoms with van der Waals surface area (Å²) < 4.78 is 17.4. The number of methoxy groups -OCH3 is 1. The van der Waals surface area contributed by atoms with E-state index in [1.54, 1.807) is 18.0 Å². The van der Waals surface area contributed by atoms with Crippen LogP contribution in [0.2, 0.25) is 5.02 Å². The molecule has 5 atom stereocenters. The van der Waals surface area contributed by atoms with Gasteiger partial charge in [0.25, 0.3) is 0 Å². The van der Waals surface area contributed by atoms with Crippen molar-refractivity contribution in [3.8, 4) is 5.75 Å². The van der Waals surface area contributed by atoms with E-state index in [9.17, 15) is 19.8 Å². The molecule has 208 valence electrons. The fraction of sp³-hybridized carbons (Fsp3) is 0.571. The van der Waals surface area contributed by atoms with Gasteiger partial charge in [0.2, 0.25) is 5.91 Å². The second kappa shape index (κ2) is 10.5. The summed E-state index contributed by atoms with van der Waals surface area (Å²) in [6.07, 6.45) is 4.11. The number of allylic oxidation sites excluding steroid dienone is 3. The lowest BCUT2D eigenvalue weighted by Crippen LogP contribution is -2.71. The van der Waals surface area contributed by atoms with E-state index in [1.165, 1.54) is 13.2 Å².